The molecule has 122 valence electrons. The van der Waals surface area contributed by atoms with Crippen LogP contribution in [0, 0.1) is 13.8 Å². The minimum Gasteiger partial charge on any atom is -0.490 e. The van der Waals surface area contributed by atoms with Gasteiger partial charge in [-0.05, 0) is 37.1 Å². The Bertz CT molecular complexity index is 678. The predicted octanol–water partition coefficient (Wildman–Crippen LogP) is 3.12. The van der Waals surface area contributed by atoms with Crippen molar-refractivity contribution in [2.45, 2.75) is 20.0 Å². The number of carbonyl (C=O) groups excluding carboxylic acids is 1. The van der Waals surface area contributed by atoms with Gasteiger partial charge in [0.25, 0.3) is 5.91 Å². The van der Waals surface area contributed by atoms with E-state index >= 15 is 0 Å². The van der Waals surface area contributed by atoms with Gasteiger partial charge in [0.2, 0.25) is 0 Å². The van der Waals surface area contributed by atoms with E-state index in [0.717, 1.165) is 16.7 Å². The maximum Gasteiger partial charge on any atom is 0.253 e. The molecular formula is C19H23NO3. The summed E-state index contributed by atoms with van der Waals surface area (Å²) in [5.41, 5.74) is 3.46. The summed E-state index contributed by atoms with van der Waals surface area (Å²) in [5, 5.41) is 10.2. The van der Waals surface area contributed by atoms with Gasteiger partial charge in [0, 0.05) is 19.7 Å². The van der Waals surface area contributed by atoms with Crippen LogP contribution >= 0.6 is 0 Å². The standard InChI is InChI=1S/C19H23NO3/c1-13-5-8-15(9-6-13)17(21)12-23-18-11-16(10-7-14(18)2)19(22)20(3)4/h5-11,17,21H,12H2,1-4H3. The quantitative estimate of drug-likeness (QED) is 0.922. The second-order valence-electron chi connectivity index (χ2n) is 5.92. The van der Waals surface area contributed by atoms with E-state index in [0.29, 0.717) is 11.3 Å². The summed E-state index contributed by atoms with van der Waals surface area (Å²) < 4.78 is 5.73. The summed E-state index contributed by atoms with van der Waals surface area (Å²) in [4.78, 5) is 13.5. The molecule has 2 aromatic carbocycles. The Morgan fingerprint density at radius 3 is 2.39 bits per heavy atom. The van der Waals surface area contributed by atoms with Crippen molar-refractivity contribution in [2.75, 3.05) is 20.7 Å². The molecule has 0 aliphatic carbocycles. The molecular weight excluding hydrogens is 290 g/mol. The van der Waals surface area contributed by atoms with E-state index in [9.17, 15) is 9.90 Å². The maximum atomic E-state index is 12.0. The monoisotopic (exact) mass is 313 g/mol. The number of aliphatic hydroxyl groups is 1. The first kappa shape index (κ1) is 17.0. The summed E-state index contributed by atoms with van der Waals surface area (Å²) >= 11 is 0. The second kappa shape index (κ2) is 7.29. The highest BCUT2D eigenvalue weighted by Crippen LogP contribution is 2.22. The minimum atomic E-state index is -0.705. The van der Waals surface area contributed by atoms with Gasteiger partial charge in [-0.1, -0.05) is 35.9 Å². The number of aliphatic hydroxyl groups excluding tert-OH is 1. The fourth-order valence-electron chi connectivity index (χ4n) is 2.20. The first-order valence-electron chi connectivity index (χ1n) is 7.58. The summed E-state index contributed by atoms with van der Waals surface area (Å²) in [6.45, 7) is 4.06. The molecule has 0 aromatic heterocycles. The molecule has 23 heavy (non-hydrogen) atoms. The van der Waals surface area contributed by atoms with Crippen molar-refractivity contribution in [3.05, 3.63) is 64.7 Å². The van der Waals surface area contributed by atoms with Crippen LogP contribution < -0.4 is 4.74 Å². The molecule has 0 heterocycles. The van der Waals surface area contributed by atoms with Crippen LogP contribution in [0.3, 0.4) is 0 Å². The van der Waals surface area contributed by atoms with Crippen LogP contribution in [0.2, 0.25) is 0 Å². The van der Waals surface area contributed by atoms with Crippen molar-refractivity contribution in [1.29, 1.82) is 0 Å². The molecule has 1 atom stereocenters. The number of hydrogen-bond donors (Lipinski definition) is 1. The van der Waals surface area contributed by atoms with Crippen LogP contribution in [-0.4, -0.2) is 36.6 Å². The van der Waals surface area contributed by atoms with Crippen molar-refractivity contribution < 1.29 is 14.6 Å². The Hall–Kier alpha value is -2.33. The van der Waals surface area contributed by atoms with E-state index in [1.165, 1.54) is 4.90 Å². The Labute approximate surface area is 137 Å². The number of rotatable bonds is 5. The fourth-order valence-corrected chi connectivity index (χ4v) is 2.20. The van der Waals surface area contributed by atoms with Crippen LogP contribution in [0.25, 0.3) is 0 Å². The third kappa shape index (κ3) is 4.33. The SMILES string of the molecule is Cc1ccc(C(O)COc2cc(C(=O)N(C)C)ccc2C)cc1. The third-order valence-electron chi connectivity index (χ3n) is 3.70. The lowest BCUT2D eigenvalue weighted by Gasteiger charge is -2.16. The van der Waals surface area contributed by atoms with Crippen molar-refractivity contribution in [3.63, 3.8) is 0 Å². The molecule has 0 aliphatic rings. The Morgan fingerprint density at radius 2 is 1.78 bits per heavy atom. The Balaban J connectivity index is 2.09. The van der Waals surface area contributed by atoms with E-state index in [2.05, 4.69) is 0 Å². The zero-order valence-electron chi connectivity index (χ0n) is 14.0. The van der Waals surface area contributed by atoms with E-state index < -0.39 is 6.10 Å². The molecule has 0 aliphatic heterocycles. The molecule has 2 rings (SSSR count). The maximum absolute atomic E-state index is 12.0. The molecule has 4 heteroatoms. The Morgan fingerprint density at radius 1 is 1.13 bits per heavy atom. The van der Waals surface area contributed by atoms with Gasteiger partial charge in [-0.2, -0.15) is 0 Å². The summed E-state index contributed by atoms with van der Waals surface area (Å²) in [7, 11) is 3.42. The van der Waals surface area contributed by atoms with Gasteiger partial charge in [-0.15, -0.1) is 0 Å². The van der Waals surface area contributed by atoms with Crippen molar-refractivity contribution in [1.82, 2.24) is 4.90 Å². The molecule has 0 radical (unpaired) electrons. The molecule has 0 spiro atoms. The zero-order valence-corrected chi connectivity index (χ0v) is 14.0. The highest BCUT2D eigenvalue weighted by atomic mass is 16.5. The van der Waals surface area contributed by atoms with E-state index in [1.807, 2.05) is 44.2 Å². The number of amides is 1. The summed E-state index contributed by atoms with van der Waals surface area (Å²) in [6.07, 6.45) is -0.705. The zero-order chi connectivity index (χ0) is 17.0. The van der Waals surface area contributed by atoms with Gasteiger partial charge in [-0.25, -0.2) is 0 Å². The predicted molar refractivity (Wildman–Crippen MR) is 90.8 cm³/mol. The first-order valence-corrected chi connectivity index (χ1v) is 7.58. The number of benzene rings is 2. The van der Waals surface area contributed by atoms with E-state index in [-0.39, 0.29) is 12.5 Å². The molecule has 4 nitrogen and oxygen atoms in total. The van der Waals surface area contributed by atoms with E-state index in [1.54, 1.807) is 26.2 Å². The van der Waals surface area contributed by atoms with Gasteiger partial charge in [0.15, 0.2) is 0 Å². The number of hydrogen-bond acceptors (Lipinski definition) is 3. The Kier molecular flexibility index (Phi) is 5.40. The van der Waals surface area contributed by atoms with Gasteiger partial charge >= 0.3 is 0 Å². The fraction of sp³-hybridized carbons (Fsp3) is 0.316. The number of ether oxygens (including phenoxy) is 1. The highest BCUT2D eigenvalue weighted by molar-refractivity contribution is 5.94. The average Bonchev–Trinajstić information content (AvgIpc) is 2.53. The van der Waals surface area contributed by atoms with Crippen LogP contribution in [0.4, 0.5) is 0 Å². The van der Waals surface area contributed by atoms with Gasteiger partial charge in [0.05, 0.1) is 0 Å². The first-order chi connectivity index (χ1) is 10.9. The van der Waals surface area contributed by atoms with Crippen molar-refractivity contribution >= 4 is 5.91 Å². The van der Waals surface area contributed by atoms with Crippen LogP contribution in [0.5, 0.6) is 5.75 Å². The topological polar surface area (TPSA) is 49.8 Å². The van der Waals surface area contributed by atoms with Crippen molar-refractivity contribution in [2.24, 2.45) is 0 Å². The van der Waals surface area contributed by atoms with Crippen LogP contribution in [0.15, 0.2) is 42.5 Å². The summed E-state index contributed by atoms with van der Waals surface area (Å²) in [6, 6.07) is 13.1. The average molecular weight is 313 g/mol. The lowest BCUT2D eigenvalue weighted by atomic mass is 10.1. The van der Waals surface area contributed by atoms with Crippen molar-refractivity contribution in [3.8, 4) is 5.75 Å². The van der Waals surface area contributed by atoms with Gasteiger partial charge in [-0.3, -0.25) is 4.79 Å². The highest BCUT2D eigenvalue weighted by Gasteiger charge is 2.13. The summed E-state index contributed by atoms with van der Waals surface area (Å²) in [5.74, 6) is 0.540. The molecule has 1 unspecified atom stereocenters. The molecule has 2 aromatic rings. The lowest BCUT2D eigenvalue weighted by molar-refractivity contribution is 0.0826. The lowest BCUT2D eigenvalue weighted by Crippen LogP contribution is -2.21. The minimum absolute atomic E-state index is 0.0751. The molecule has 0 saturated carbocycles. The van der Waals surface area contributed by atoms with Gasteiger partial charge < -0.3 is 14.7 Å². The van der Waals surface area contributed by atoms with Gasteiger partial charge in [0.1, 0.15) is 18.5 Å². The third-order valence-corrected chi connectivity index (χ3v) is 3.70. The molecule has 0 saturated heterocycles. The smallest absolute Gasteiger partial charge is 0.253 e. The largest absolute Gasteiger partial charge is 0.490 e. The normalized spacial score (nSPS) is 11.9. The molecule has 0 bridgehead atoms. The molecule has 1 amide bonds. The van der Waals surface area contributed by atoms with Crippen LogP contribution in [-0.2, 0) is 0 Å². The number of aryl methyl sites for hydroxylation is 2. The van der Waals surface area contributed by atoms with Crippen LogP contribution in [0.1, 0.15) is 33.2 Å². The second-order valence-corrected chi connectivity index (χ2v) is 5.92. The molecule has 1 N–H and O–H groups in total. The molecule has 0 fully saturated rings. The van der Waals surface area contributed by atoms with E-state index in [4.69, 9.17) is 4.74 Å². The number of nitrogens with zero attached hydrogens (tertiary/aromatic N) is 1. The number of carbonyl (C=O) groups is 1.